The maximum absolute atomic E-state index is 11.9. The molecule has 1 amide bonds. The van der Waals surface area contributed by atoms with E-state index in [0.717, 1.165) is 58.4 Å². The predicted molar refractivity (Wildman–Crippen MR) is 90.5 cm³/mol. The van der Waals surface area contributed by atoms with Crippen molar-refractivity contribution in [2.24, 2.45) is 0 Å². The van der Waals surface area contributed by atoms with Crippen LogP contribution in [-0.4, -0.2) is 47.9 Å². The fourth-order valence-electron chi connectivity index (χ4n) is 4.05. The number of carbonyl (C=O) groups is 1. The molecule has 2 saturated heterocycles. The van der Waals surface area contributed by atoms with Gasteiger partial charge in [-0.3, -0.25) is 9.69 Å². The molecule has 5 heteroatoms. The molecule has 0 aromatic heterocycles. The number of likely N-dealkylation sites (tertiary alicyclic amines) is 2. The molecule has 4 rings (SSSR count). The molecule has 1 aromatic rings. The van der Waals surface area contributed by atoms with E-state index in [1.807, 2.05) is 0 Å². The molecule has 3 aliphatic heterocycles. The van der Waals surface area contributed by atoms with Gasteiger partial charge in [0.25, 0.3) is 0 Å². The van der Waals surface area contributed by atoms with Gasteiger partial charge >= 0.3 is 0 Å². The van der Waals surface area contributed by atoms with Crippen molar-refractivity contribution in [1.29, 1.82) is 0 Å². The second kappa shape index (κ2) is 6.47. The number of rotatable bonds is 3. The molecular weight excluding hydrogens is 298 g/mol. The van der Waals surface area contributed by atoms with Crippen LogP contribution in [0.2, 0.25) is 0 Å². The molecule has 0 spiro atoms. The summed E-state index contributed by atoms with van der Waals surface area (Å²) in [5, 5.41) is 3.52. The zero-order valence-electron chi connectivity index (χ0n) is 12.9. The lowest BCUT2D eigenvalue weighted by Gasteiger charge is -2.24. The van der Waals surface area contributed by atoms with Crippen LogP contribution < -0.4 is 5.32 Å². The Kier molecular flexibility index (Phi) is 4.59. The van der Waals surface area contributed by atoms with Gasteiger partial charge in [-0.05, 0) is 30.4 Å². The van der Waals surface area contributed by atoms with E-state index < -0.39 is 0 Å². The predicted octanol–water partition coefficient (Wildman–Crippen LogP) is 2.27. The van der Waals surface area contributed by atoms with Crippen molar-refractivity contribution in [2.75, 3.05) is 31.5 Å². The number of hydrogen-bond acceptors (Lipinski definition) is 3. The van der Waals surface area contributed by atoms with E-state index in [-0.39, 0.29) is 12.4 Å². The van der Waals surface area contributed by atoms with Crippen LogP contribution in [0.5, 0.6) is 0 Å². The Morgan fingerprint density at radius 1 is 1.23 bits per heavy atom. The fourth-order valence-corrected chi connectivity index (χ4v) is 4.05. The Morgan fingerprint density at radius 2 is 2.14 bits per heavy atom. The SMILES string of the molecule is Cl.O=C1CCCN1C1CCN(Cc2cccc3c2NCC3)C1. The molecule has 120 valence electrons. The number of hydrogen-bond donors (Lipinski definition) is 1. The van der Waals surface area contributed by atoms with Gasteiger partial charge in [0.1, 0.15) is 0 Å². The number of nitrogens with one attached hydrogen (secondary N) is 1. The van der Waals surface area contributed by atoms with E-state index in [0.29, 0.717) is 11.9 Å². The highest BCUT2D eigenvalue weighted by Crippen LogP contribution is 2.29. The number of para-hydroxylation sites is 1. The Hall–Kier alpha value is -1.26. The van der Waals surface area contributed by atoms with E-state index in [4.69, 9.17) is 0 Å². The largest absolute Gasteiger partial charge is 0.384 e. The number of halogens is 1. The third kappa shape index (κ3) is 2.82. The standard InChI is InChI=1S/C17H23N3O.ClH/c21-16-5-2-9-20(16)15-7-10-19(12-15)11-14-4-1-3-13-6-8-18-17(13)14;/h1,3-4,15,18H,2,5-12H2;1H. The van der Waals surface area contributed by atoms with Crippen LogP contribution in [0.4, 0.5) is 5.69 Å². The van der Waals surface area contributed by atoms with Crippen molar-refractivity contribution in [3.63, 3.8) is 0 Å². The lowest BCUT2D eigenvalue weighted by atomic mass is 10.1. The van der Waals surface area contributed by atoms with Gasteiger partial charge in [-0.15, -0.1) is 12.4 Å². The fraction of sp³-hybridized carbons (Fsp3) is 0.588. The molecule has 22 heavy (non-hydrogen) atoms. The smallest absolute Gasteiger partial charge is 0.222 e. The van der Waals surface area contributed by atoms with Crippen LogP contribution in [0, 0.1) is 0 Å². The van der Waals surface area contributed by atoms with Crippen molar-refractivity contribution in [3.8, 4) is 0 Å². The van der Waals surface area contributed by atoms with Crippen molar-refractivity contribution >= 4 is 24.0 Å². The molecular formula is C17H24ClN3O. The number of carbonyl (C=O) groups excluding carboxylic acids is 1. The highest BCUT2D eigenvalue weighted by Gasteiger charge is 2.33. The van der Waals surface area contributed by atoms with Gasteiger partial charge in [-0.25, -0.2) is 0 Å². The molecule has 0 aliphatic carbocycles. The summed E-state index contributed by atoms with van der Waals surface area (Å²) >= 11 is 0. The second-order valence-corrected chi connectivity index (χ2v) is 6.50. The monoisotopic (exact) mass is 321 g/mol. The van der Waals surface area contributed by atoms with Crippen molar-refractivity contribution < 1.29 is 4.79 Å². The van der Waals surface area contributed by atoms with Crippen LogP contribution in [0.1, 0.15) is 30.4 Å². The summed E-state index contributed by atoms with van der Waals surface area (Å²) in [6, 6.07) is 7.10. The third-order valence-electron chi connectivity index (χ3n) is 5.13. The van der Waals surface area contributed by atoms with Gasteiger partial charge in [0.15, 0.2) is 0 Å². The number of benzene rings is 1. The molecule has 0 radical (unpaired) electrons. The molecule has 2 fully saturated rings. The van der Waals surface area contributed by atoms with E-state index in [9.17, 15) is 4.79 Å². The topological polar surface area (TPSA) is 35.6 Å². The molecule has 1 atom stereocenters. The van der Waals surface area contributed by atoms with Crippen LogP contribution in [0.3, 0.4) is 0 Å². The van der Waals surface area contributed by atoms with E-state index in [1.165, 1.54) is 16.8 Å². The number of nitrogens with zero attached hydrogens (tertiary/aromatic N) is 2. The third-order valence-corrected chi connectivity index (χ3v) is 5.13. The highest BCUT2D eigenvalue weighted by molar-refractivity contribution is 5.85. The molecule has 3 aliphatic rings. The molecule has 1 aromatic carbocycles. The van der Waals surface area contributed by atoms with Crippen molar-refractivity contribution in [1.82, 2.24) is 9.80 Å². The lowest BCUT2D eigenvalue weighted by Crippen LogP contribution is -2.38. The zero-order chi connectivity index (χ0) is 14.2. The highest BCUT2D eigenvalue weighted by atomic mass is 35.5. The summed E-state index contributed by atoms with van der Waals surface area (Å²) < 4.78 is 0. The van der Waals surface area contributed by atoms with Gasteiger partial charge in [0, 0.05) is 50.9 Å². The minimum Gasteiger partial charge on any atom is -0.384 e. The lowest BCUT2D eigenvalue weighted by molar-refractivity contribution is -0.129. The average molecular weight is 322 g/mol. The summed E-state index contributed by atoms with van der Waals surface area (Å²) in [5.41, 5.74) is 4.23. The number of amides is 1. The molecule has 1 unspecified atom stereocenters. The van der Waals surface area contributed by atoms with E-state index >= 15 is 0 Å². The van der Waals surface area contributed by atoms with Gasteiger partial charge < -0.3 is 10.2 Å². The molecule has 1 N–H and O–H groups in total. The second-order valence-electron chi connectivity index (χ2n) is 6.50. The first kappa shape index (κ1) is 15.6. The first-order chi connectivity index (χ1) is 10.3. The molecule has 3 heterocycles. The van der Waals surface area contributed by atoms with Crippen LogP contribution in [0.15, 0.2) is 18.2 Å². The normalized spacial score (nSPS) is 24.3. The number of anilines is 1. The Bertz CT molecular complexity index is 563. The van der Waals surface area contributed by atoms with Crippen LogP contribution in [-0.2, 0) is 17.8 Å². The maximum atomic E-state index is 11.9. The van der Waals surface area contributed by atoms with Gasteiger partial charge in [0.2, 0.25) is 5.91 Å². The van der Waals surface area contributed by atoms with Crippen LogP contribution >= 0.6 is 12.4 Å². The van der Waals surface area contributed by atoms with Crippen molar-refractivity contribution in [2.45, 2.75) is 38.3 Å². The summed E-state index contributed by atoms with van der Waals surface area (Å²) in [5.74, 6) is 0.365. The summed E-state index contributed by atoms with van der Waals surface area (Å²) in [7, 11) is 0. The molecule has 4 nitrogen and oxygen atoms in total. The summed E-state index contributed by atoms with van der Waals surface area (Å²) in [4.78, 5) is 16.5. The zero-order valence-corrected chi connectivity index (χ0v) is 13.7. The van der Waals surface area contributed by atoms with Crippen LogP contribution in [0.25, 0.3) is 0 Å². The van der Waals surface area contributed by atoms with Gasteiger partial charge in [-0.2, -0.15) is 0 Å². The molecule has 0 saturated carbocycles. The first-order valence-corrected chi connectivity index (χ1v) is 8.18. The van der Waals surface area contributed by atoms with Gasteiger partial charge in [-0.1, -0.05) is 18.2 Å². The Morgan fingerprint density at radius 3 is 2.95 bits per heavy atom. The first-order valence-electron chi connectivity index (χ1n) is 8.18. The number of fused-ring (bicyclic) bond motifs is 1. The summed E-state index contributed by atoms with van der Waals surface area (Å²) in [6.45, 7) is 5.19. The average Bonchev–Trinajstić information content (AvgIpc) is 3.18. The van der Waals surface area contributed by atoms with Crippen molar-refractivity contribution in [3.05, 3.63) is 29.3 Å². The minimum atomic E-state index is 0. The Balaban J connectivity index is 0.00000144. The Labute approximate surface area is 138 Å². The quantitative estimate of drug-likeness (QED) is 0.927. The summed E-state index contributed by atoms with van der Waals surface area (Å²) in [6.07, 6.45) is 4.08. The van der Waals surface area contributed by atoms with E-state index in [1.54, 1.807) is 0 Å². The minimum absolute atomic E-state index is 0. The maximum Gasteiger partial charge on any atom is 0.222 e. The molecule has 0 bridgehead atoms. The van der Waals surface area contributed by atoms with Gasteiger partial charge in [0.05, 0.1) is 0 Å². The van der Waals surface area contributed by atoms with E-state index in [2.05, 4.69) is 33.3 Å².